The summed E-state index contributed by atoms with van der Waals surface area (Å²) in [5, 5.41) is 7.07. The third-order valence-electron chi connectivity index (χ3n) is 2.71. The summed E-state index contributed by atoms with van der Waals surface area (Å²) < 4.78 is 2.37. The van der Waals surface area contributed by atoms with Crippen LogP contribution in [0.25, 0.3) is 0 Å². The molecule has 0 spiro atoms. The van der Waals surface area contributed by atoms with Gasteiger partial charge in [-0.1, -0.05) is 6.92 Å². The third-order valence-corrected chi connectivity index (χ3v) is 3.29. The highest BCUT2D eigenvalue weighted by molar-refractivity contribution is 9.10. The van der Waals surface area contributed by atoms with Crippen LogP contribution in [0.2, 0.25) is 0 Å². The highest BCUT2D eigenvalue weighted by Gasteiger charge is 2.28. The molecule has 0 atom stereocenters. The van der Waals surface area contributed by atoms with Crippen LogP contribution in [0.1, 0.15) is 30.3 Å². The van der Waals surface area contributed by atoms with Crippen molar-refractivity contribution in [1.82, 2.24) is 15.1 Å². The molecule has 1 aromatic rings. The summed E-state index contributed by atoms with van der Waals surface area (Å²) in [6, 6.07) is 0.335. The molecular formula is C10H14BrN3O. The Kier molecular flexibility index (Phi) is 2.82. The molecule has 1 heterocycles. The molecule has 1 aliphatic carbocycles. The average Bonchev–Trinajstić information content (AvgIpc) is 2.42. The van der Waals surface area contributed by atoms with Crippen LogP contribution in [0.15, 0.2) is 10.7 Å². The third kappa shape index (κ3) is 2.22. The summed E-state index contributed by atoms with van der Waals surface area (Å²) in [5.41, 5.74) is 0.469. The molecule has 5 heteroatoms. The molecule has 15 heavy (non-hydrogen) atoms. The molecule has 82 valence electrons. The minimum Gasteiger partial charge on any atom is -0.348 e. The second-order valence-corrected chi connectivity index (χ2v) is 5.10. The molecule has 4 nitrogen and oxygen atoms in total. The van der Waals surface area contributed by atoms with E-state index in [0.29, 0.717) is 11.7 Å². The molecule has 1 saturated carbocycles. The molecule has 1 amide bonds. The van der Waals surface area contributed by atoms with Crippen molar-refractivity contribution in [3.8, 4) is 0 Å². The van der Waals surface area contributed by atoms with Crippen molar-refractivity contribution >= 4 is 21.8 Å². The van der Waals surface area contributed by atoms with E-state index in [1.54, 1.807) is 17.9 Å². The zero-order valence-corrected chi connectivity index (χ0v) is 10.4. The number of aryl methyl sites for hydroxylation is 1. The molecule has 0 bridgehead atoms. The van der Waals surface area contributed by atoms with E-state index in [1.165, 1.54) is 0 Å². The standard InChI is InChI=1S/C10H14BrN3O/c1-6-3-7(4-6)12-10(15)9-8(11)5-14(2)13-9/h5-7H,3-4H2,1-2H3,(H,12,15). The van der Waals surface area contributed by atoms with Crippen LogP contribution < -0.4 is 5.32 Å². The second-order valence-electron chi connectivity index (χ2n) is 4.25. The first-order valence-electron chi connectivity index (χ1n) is 5.06. The van der Waals surface area contributed by atoms with E-state index in [9.17, 15) is 4.79 Å². The Morgan fingerprint density at radius 2 is 2.33 bits per heavy atom. The van der Waals surface area contributed by atoms with Crippen LogP contribution >= 0.6 is 15.9 Å². The number of hydrogen-bond acceptors (Lipinski definition) is 2. The molecular weight excluding hydrogens is 258 g/mol. The lowest BCUT2D eigenvalue weighted by Crippen LogP contribution is -2.43. The number of rotatable bonds is 2. The zero-order valence-electron chi connectivity index (χ0n) is 8.83. The number of halogens is 1. The van der Waals surface area contributed by atoms with Crippen LogP contribution in [0, 0.1) is 5.92 Å². The fourth-order valence-corrected chi connectivity index (χ4v) is 2.44. The minimum absolute atomic E-state index is 0.0839. The summed E-state index contributed by atoms with van der Waals surface area (Å²) in [4.78, 5) is 11.8. The number of amides is 1. The predicted molar refractivity (Wildman–Crippen MR) is 60.6 cm³/mol. The van der Waals surface area contributed by atoms with E-state index in [0.717, 1.165) is 23.2 Å². The van der Waals surface area contributed by atoms with Gasteiger partial charge in [0.15, 0.2) is 5.69 Å². The normalized spacial score (nSPS) is 24.7. The van der Waals surface area contributed by atoms with Gasteiger partial charge in [0.25, 0.3) is 5.91 Å². The Morgan fingerprint density at radius 3 is 2.80 bits per heavy atom. The molecule has 2 rings (SSSR count). The predicted octanol–water partition coefficient (Wildman–Crippen LogP) is 1.71. The fourth-order valence-electron chi connectivity index (χ4n) is 1.89. The lowest BCUT2D eigenvalue weighted by atomic mass is 9.82. The van der Waals surface area contributed by atoms with E-state index >= 15 is 0 Å². The lowest BCUT2D eigenvalue weighted by molar-refractivity contribution is 0.0889. The van der Waals surface area contributed by atoms with Gasteiger partial charge in [0.05, 0.1) is 4.47 Å². The highest BCUT2D eigenvalue weighted by atomic mass is 79.9. The van der Waals surface area contributed by atoms with Crippen LogP contribution in [0.5, 0.6) is 0 Å². The first-order chi connectivity index (χ1) is 7.06. The van der Waals surface area contributed by atoms with Gasteiger partial charge in [-0.25, -0.2) is 0 Å². The van der Waals surface area contributed by atoms with E-state index in [2.05, 4.69) is 33.3 Å². The molecule has 1 N–H and O–H groups in total. The number of nitrogens with zero attached hydrogens (tertiary/aromatic N) is 2. The molecule has 0 saturated heterocycles. The Balaban J connectivity index is 1.99. The van der Waals surface area contributed by atoms with Crippen molar-refractivity contribution < 1.29 is 4.79 Å². The van der Waals surface area contributed by atoms with E-state index in [-0.39, 0.29) is 5.91 Å². The number of carbonyl (C=O) groups is 1. The van der Waals surface area contributed by atoms with Gasteiger partial charge in [-0.2, -0.15) is 5.10 Å². The zero-order chi connectivity index (χ0) is 11.0. The SMILES string of the molecule is CC1CC(NC(=O)c2nn(C)cc2Br)C1. The number of hydrogen-bond donors (Lipinski definition) is 1. The Hall–Kier alpha value is -0.840. The summed E-state index contributed by atoms with van der Waals surface area (Å²) in [6.45, 7) is 2.19. The van der Waals surface area contributed by atoms with Crippen molar-refractivity contribution in [1.29, 1.82) is 0 Å². The summed E-state index contributed by atoms with van der Waals surface area (Å²) in [6.07, 6.45) is 3.94. The van der Waals surface area contributed by atoms with Crippen LogP contribution in [0.3, 0.4) is 0 Å². The van der Waals surface area contributed by atoms with Gasteiger partial charge < -0.3 is 5.32 Å². The topological polar surface area (TPSA) is 46.9 Å². The van der Waals surface area contributed by atoms with Crippen LogP contribution in [-0.2, 0) is 7.05 Å². The maximum absolute atomic E-state index is 11.8. The summed E-state index contributed by atoms with van der Waals surface area (Å²) in [5.74, 6) is 0.654. The summed E-state index contributed by atoms with van der Waals surface area (Å²) >= 11 is 3.32. The van der Waals surface area contributed by atoms with Crippen molar-refractivity contribution in [3.05, 3.63) is 16.4 Å². The molecule has 1 aliphatic rings. The van der Waals surface area contributed by atoms with E-state index < -0.39 is 0 Å². The van der Waals surface area contributed by atoms with E-state index in [1.807, 2.05) is 0 Å². The maximum Gasteiger partial charge on any atom is 0.273 e. The quantitative estimate of drug-likeness (QED) is 0.890. The largest absolute Gasteiger partial charge is 0.348 e. The van der Waals surface area contributed by atoms with Crippen molar-refractivity contribution in [3.63, 3.8) is 0 Å². The van der Waals surface area contributed by atoms with Gasteiger partial charge in [0, 0.05) is 19.3 Å². The van der Waals surface area contributed by atoms with Crippen molar-refractivity contribution in [2.24, 2.45) is 13.0 Å². The number of nitrogens with one attached hydrogen (secondary N) is 1. The first kappa shape index (κ1) is 10.7. The lowest BCUT2D eigenvalue weighted by Gasteiger charge is -2.32. The number of aromatic nitrogens is 2. The molecule has 0 aromatic carbocycles. The van der Waals surface area contributed by atoms with Gasteiger partial charge in [-0.3, -0.25) is 9.48 Å². The number of carbonyl (C=O) groups excluding carboxylic acids is 1. The highest BCUT2D eigenvalue weighted by Crippen LogP contribution is 2.26. The Bertz CT molecular complexity index is 382. The smallest absolute Gasteiger partial charge is 0.273 e. The first-order valence-corrected chi connectivity index (χ1v) is 5.85. The van der Waals surface area contributed by atoms with Gasteiger partial charge in [-0.15, -0.1) is 0 Å². The molecule has 0 unspecified atom stereocenters. The van der Waals surface area contributed by atoms with Crippen LogP contribution in [-0.4, -0.2) is 21.7 Å². The second kappa shape index (κ2) is 3.96. The van der Waals surface area contributed by atoms with Crippen LogP contribution in [0.4, 0.5) is 0 Å². The summed E-state index contributed by atoms with van der Waals surface area (Å²) in [7, 11) is 1.80. The monoisotopic (exact) mass is 271 g/mol. The average molecular weight is 272 g/mol. The van der Waals surface area contributed by atoms with Crippen molar-refractivity contribution in [2.75, 3.05) is 0 Å². The molecule has 1 aromatic heterocycles. The van der Waals surface area contributed by atoms with Crippen molar-refractivity contribution in [2.45, 2.75) is 25.8 Å². The van der Waals surface area contributed by atoms with Gasteiger partial charge >= 0.3 is 0 Å². The maximum atomic E-state index is 11.8. The molecule has 0 radical (unpaired) electrons. The van der Waals surface area contributed by atoms with Gasteiger partial charge in [0.2, 0.25) is 0 Å². The molecule has 0 aliphatic heterocycles. The Labute approximate surface area is 97.2 Å². The minimum atomic E-state index is -0.0839. The Morgan fingerprint density at radius 1 is 1.67 bits per heavy atom. The van der Waals surface area contributed by atoms with Gasteiger partial charge in [0.1, 0.15) is 0 Å². The fraction of sp³-hybridized carbons (Fsp3) is 0.600. The van der Waals surface area contributed by atoms with E-state index in [4.69, 9.17) is 0 Å². The van der Waals surface area contributed by atoms with Gasteiger partial charge in [-0.05, 0) is 34.7 Å². The molecule has 1 fully saturated rings.